The Morgan fingerprint density at radius 3 is 2.29 bits per heavy atom. The Labute approximate surface area is 181 Å². The van der Waals surface area contributed by atoms with Crippen LogP contribution >= 0.6 is 0 Å². The average Bonchev–Trinajstić information content (AvgIpc) is 2.65. The number of ether oxygens (including phenoxy) is 2. The third-order valence-electron chi connectivity index (χ3n) is 3.80. The van der Waals surface area contributed by atoms with Crippen LogP contribution in [0.2, 0.25) is 0 Å². The van der Waals surface area contributed by atoms with Gasteiger partial charge in [-0.15, -0.1) is 0 Å². The second-order valence-electron chi connectivity index (χ2n) is 7.77. The molecule has 2 aromatic rings. The van der Waals surface area contributed by atoms with E-state index in [0.29, 0.717) is 22.8 Å². The smallest absolute Gasteiger partial charge is 0.412 e. The van der Waals surface area contributed by atoms with Gasteiger partial charge in [-0.1, -0.05) is 12.1 Å². The Balaban J connectivity index is 1.93. The lowest BCUT2D eigenvalue weighted by Crippen LogP contribution is -2.35. The third-order valence-corrected chi connectivity index (χ3v) is 3.80. The molecule has 2 rings (SSSR count). The summed E-state index contributed by atoms with van der Waals surface area (Å²) in [6, 6.07) is 11.6. The molecule has 0 spiro atoms. The SMILES string of the molecule is COc1ccc(NC(=O)CNC(=O)Nc2cccc(C)c2)cc1NC(=O)OC(C)(C)C. The van der Waals surface area contributed by atoms with Crippen LogP contribution < -0.4 is 26.0 Å². The number of hydrogen-bond donors (Lipinski definition) is 4. The predicted molar refractivity (Wildman–Crippen MR) is 120 cm³/mol. The van der Waals surface area contributed by atoms with Gasteiger partial charge in [0.2, 0.25) is 5.91 Å². The van der Waals surface area contributed by atoms with E-state index in [9.17, 15) is 14.4 Å². The predicted octanol–water partition coefficient (Wildman–Crippen LogP) is 4.11. The summed E-state index contributed by atoms with van der Waals surface area (Å²) in [5.41, 5.74) is 1.72. The molecular weight excluding hydrogens is 400 g/mol. The van der Waals surface area contributed by atoms with Gasteiger partial charge in [-0.05, 0) is 63.6 Å². The number of anilines is 3. The minimum atomic E-state index is -0.659. The Kier molecular flexibility index (Phi) is 7.84. The number of urea groups is 1. The molecule has 0 heterocycles. The molecule has 4 amide bonds. The topological polar surface area (TPSA) is 118 Å². The van der Waals surface area contributed by atoms with Gasteiger partial charge in [-0.3, -0.25) is 10.1 Å². The van der Waals surface area contributed by atoms with Crippen molar-refractivity contribution < 1.29 is 23.9 Å². The number of carbonyl (C=O) groups is 3. The summed E-state index contributed by atoms with van der Waals surface area (Å²) in [7, 11) is 1.46. The van der Waals surface area contributed by atoms with Gasteiger partial charge in [0.05, 0.1) is 19.3 Å². The molecule has 9 nitrogen and oxygen atoms in total. The number of carbonyl (C=O) groups excluding carboxylic acids is 3. The largest absolute Gasteiger partial charge is 0.495 e. The molecule has 0 fully saturated rings. The maximum absolute atomic E-state index is 12.2. The first-order chi connectivity index (χ1) is 14.6. The van der Waals surface area contributed by atoms with Crippen LogP contribution in [0.25, 0.3) is 0 Å². The fourth-order valence-electron chi connectivity index (χ4n) is 2.56. The lowest BCUT2D eigenvalue weighted by atomic mass is 10.2. The first kappa shape index (κ1) is 23.5. The lowest BCUT2D eigenvalue weighted by molar-refractivity contribution is -0.115. The monoisotopic (exact) mass is 428 g/mol. The normalized spacial score (nSPS) is 10.6. The highest BCUT2D eigenvalue weighted by Crippen LogP contribution is 2.28. The molecule has 166 valence electrons. The van der Waals surface area contributed by atoms with Gasteiger partial charge >= 0.3 is 12.1 Å². The highest BCUT2D eigenvalue weighted by Gasteiger charge is 2.18. The van der Waals surface area contributed by atoms with Gasteiger partial charge in [-0.25, -0.2) is 9.59 Å². The van der Waals surface area contributed by atoms with Crippen LogP contribution in [0.5, 0.6) is 5.75 Å². The summed E-state index contributed by atoms with van der Waals surface area (Å²) < 4.78 is 10.5. The van der Waals surface area contributed by atoms with E-state index in [-0.39, 0.29) is 6.54 Å². The fourth-order valence-corrected chi connectivity index (χ4v) is 2.56. The molecule has 0 aromatic heterocycles. The zero-order chi connectivity index (χ0) is 23.0. The highest BCUT2D eigenvalue weighted by molar-refractivity contribution is 5.98. The van der Waals surface area contributed by atoms with Crippen LogP contribution in [0.15, 0.2) is 42.5 Å². The van der Waals surface area contributed by atoms with Crippen molar-refractivity contribution in [3.63, 3.8) is 0 Å². The number of methoxy groups -OCH3 is 1. The lowest BCUT2D eigenvalue weighted by Gasteiger charge is -2.20. The van der Waals surface area contributed by atoms with E-state index in [1.165, 1.54) is 13.2 Å². The summed E-state index contributed by atoms with van der Waals surface area (Å²) in [6.07, 6.45) is -0.649. The van der Waals surface area contributed by atoms with Crippen molar-refractivity contribution in [2.45, 2.75) is 33.3 Å². The number of benzene rings is 2. The van der Waals surface area contributed by atoms with Crippen molar-refractivity contribution in [2.75, 3.05) is 29.6 Å². The van der Waals surface area contributed by atoms with E-state index < -0.39 is 23.6 Å². The van der Waals surface area contributed by atoms with Crippen LogP contribution in [0.4, 0.5) is 26.7 Å². The molecule has 0 saturated carbocycles. The first-order valence-electron chi connectivity index (χ1n) is 9.65. The van der Waals surface area contributed by atoms with Crippen LogP contribution in [-0.4, -0.2) is 37.3 Å². The maximum atomic E-state index is 12.2. The summed E-state index contributed by atoms with van der Waals surface area (Å²) in [5, 5.41) is 10.4. The molecule has 9 heteroatoms. The molecular formula is C22H28N4O5. The first-order valence-corrected chi connectivity index (χ1v) is 9.65. The second kappa shape index (κ2) is 10.3. The summed E-state index contributed by atoms with van der Waals surface area (Å²) in [4.78, 5) is 36.2. The Morgan fingerprint density at radius 2 is 1.65 bits per heavy atom. The number of rotatable bonds is 6. The van der Waals surface area contributed by atoms with Crippen LogP contribution in [-0.2, 0) is 9.53 Å². The summed E-state index contributed by atoms with van der Waals surface area (Å²) >= 11 is 0. The molecule has 0 atom stereocenters. The summed E-state index contributed by atoms with van der Waals surface area (Å²) in [6.45, 7) is 6.93. The van der Waals surface area contributed by atoms with Crippen molar-refractivity contribution in [1.29, 1.82) is 0 Å². The molecule has 0 saturated heterocycles. The van der Waals surface area contributed by atoms with Gasteiger partial charge < -0.3 is 25.4 Å². The van der Waals surface area contributed by atoms with Crippen LogP contribution in [0.1, 0.15) is 26.3 Å². The number of nitrogens with one attached hydrogen (secondary N) is 4. The van der Waals surface area contributed by atoms with E-state index in [1.807, 2.05) is 25.1 Å². The van der Waals surface area contributed by atoms with Gasteiger partial charge in [-0.2, -0.15) is 0 Å². The van der Waals surface area contributed by atoms with E-state index in [2.05, 4.69) is 21.3 Å². The molecule has 0 aliphatic carbocycles. The zero-order valence-electron chi connectivity index (χ0n) is 18.3. The molecule has 0 aliphatic rings. The molecule has 4 N–H and O–H groups in total. The van der Waals surface area contributed by atoms with Gasteiger partial charge in [0, 0.05) is 11.4 Å². The van der Waals surface area contributed by atoms with Crippen molar-refractivity contribution in [2.24, 2.45) is 0 Å². The zero-order valence-corrected chi connectivity index (χ0v) is 18.3. The molecule has 0 radical (unpaired) electrons. The van der Waals surface area contributed by atoms with Crippen molar-refractivity contribution >= 4 is 35.1 Å². The standard InChI is InChI=1S/C22H28N4O5/c1-14-7-6-8-15(11-14)25-20(28)23-13-19(27)24-16-9-10-18(30-5)17(12-16)26-21(29)31-22(2,3)4/h6-12H,13H2,1-5H3,(H,24,27)(H,26,29)(H2,23,25,28). The fraction of sp³-hybridized carbons (Fsp3) is 0.318. The van der Waals surface area contributed by atoms with E-state index in [0.717, 1.165) is 5.56 Å². The second-order valence-corrected chi connectivity index (χ2v) is 7.77. The average molecular weight is 428 g/mol. The minimum absolute atomic E-state index is 0.238. The van der Waals surface area contributed by atoms with Crippen LogP contribution in [0, 0.1) is 6.92 Å². The quantitative estimate of drug-likeness (QED) is 0.552. The molecule has 0 unspecified atom stereocenters. The third kappa shape index (κ3) is 8.25. The van der Waals surface area contributed by atoms with Crippen molar-refractivity contribution in [1.82, 2.24) is 5.32 Å². The van der Waals surface area contributed by atoms with E-state index in [4.69, 9.17) is 9.47 Å². The number of aryl methyl sites for hydroxylation is 1. The molecule has 2 aromatic carbocycles. The minimum Gasteiger partial charge on any atom is -0.495 e. The molecule has 31 heavy (non-hydrogen) atoms. The highest BCUT2D eigenvalue weighted by atomic mass is 16.6. The van der Waals surface area contributed by atoms with E-state index >= 15 is 0 Å². The number of hydrogen-bond acceptors (Lipinski definition) is 5. The van der Waals surface area contributed by atoms with Gasteiger partial charge in [0.25, 0.3) is 0 Å². The van der Waals surface area contributed by atoms with Crippen molar-refractivity contribution in [3.05, 3.63) is 48.0 Å². The van der Waals surface area contributed by atoms with Crippen LogP contribution in [0.3, 0.4) is 0 Å². The Hall–Kier alpha value is -3.75. The summed E-state index contributed by atoms with van der Waals surface area (Å²) in [5.74, 6) is -0.0349. The maximum Gasteiger partial charge on any atom is 0.412 e. The Morgan fingerprint density at radius 1 is 0.935 bits per heavy atom. The van der Waals surface area contributed by atoms with Gasteiger partial charge in [0.15, 0.2) is 0 Å². The van der Waals surface area contributed by atoms with E-state index in [1.54, 1.807) is 39.0 Å². The van der Waals surface area contributed by atoms with Crippen molar-refractivity contribution in [3.8, 4) is 5.75 Å². The Bertz CT molecular complexity index is 953. The molecule has 0 bridgehead atoms. The number of amides is 4. The molecule has 0 aliphatic heterocycles. The van der Waals surface area contributed by atoms with Gasteiger partial charge in [0.1, 0.15) is 11.4 Å².